The number of aryl methyl sites for hydroxylation is 2. The topological polar surface area (TPSA) is 25.2 Å². The molecule has 1 atom stereocenters. The van der Waals surface area contributed by atoms with Crippen molar-refractivity contribution >= 4 is 0 Å². The van der Waals surface area contributed by atoms with E-state index in [1.54, 1.807) is 0 Å². The number of likely N-dealkylation sites (N-methyl/N-ethyl adjacent to an activating group) is 1. The maximum Gasteiger partial charge on any atom is 0.106 e. The highest BCUT2D eigenvalue weighted by Crippen LogP contribution is 2.29. The Bertz CT molecular complexity index is 528. The van der Waals surface area contributed by atoms with Crippen molar-refractivity contribution < 1.29 is 4.42 Å². The van der Waals surface area contributed by atoms with E-state index in [0.29, 0.717) is 6.04 Å². The second-order valence-electron chi connectivity index (χ2n) is 5.05. The maximum atomic E-state index is 5.77. The summed E-state index contributed by atoms with van der Waals surface area (Å²) in [7, 11) is 0. The lowest BCUT2D eigenvalue weighted by atomic mass is 9.96. The van der Waals surface area contributed by atoms with Gasteiger partial charge in [0, 0.05) is 11.6 Å². The van der Waals surface area contributed by atoms with Gasteiger partial charge in [-0.3, -0.25) is 0 Å². The summed E-state index contributed by atoms with van der Waals surface area (Å²) in [4.78, 5) is 0. The van der Waals surface area contributed by atoms with E-state index in [0.717, 1.165) is 24.5 Å². The third kappa shape index (κ3) is 3.07. The molecule has 2 heteroatoms. The summed E-state index contributed by atoms with van der Waals surface area (Å²) in [6, 6.07) is 10.9. The molecule has 1 N–H and O–H groups in total. The van der Waals surface area contributed by atoms with Crippen molar-refractivity contribution in [1.82, 2.24) is 5.32 Å². The molecule has 0 saturated carbocycles. The van der Waals surface area contributed by atoms with Gasteiger partial charge in [0.05, 0.1) is 0 Å². The van der Waals surface area contributed by atoms with Crippen LogP contribution >= 0.6 is 0 Å². The average molecular weight is 257 g/mol. The third-order valence-electron chi connectivity index (χ3n) is 3.70. The summed E-state index contributed by atoms with van der Waals surface area (Å²) in [5.41, 5.74) is 3.95. The van der Waals surface area contributed by atoms with Crippen LogP contribution in [-0.4, -0.2) is 6.54 Å². The van der Waals surface area contributed by atoms with Gasteiger partial charge in [0.25, 0.3) is 0 Å². The van der Waals surface area contributed by atoms with Gasteiger partial charge in [-0.05, 0) is 44.9 Å². The van der Waals surface area contributed by atoms with Crippen molar-refractivity contribution in [1.29, 1.82) is 0 Å². The summed E-state index contributed by atoms with van der Waals surface area (Å²) in [5, 5.41) is 3.58. The normalized spacial score (nSPS) is 12.6. The molecule has 0 aliphatic heterocycles. The number of hydrogen-bond acceptors (Lipinski definition) is 2. The van der Waals surface area contributed by atoms with Crippen LogP contribution in [0.4, 0.5) is 0 Å². The largest absolute Gasteiger partial charge is 0.466 e. The molecule has 0 spiro atoms. The molecule has 2 aromatic rings. The molecule has 1 unspecified atom stereocenters. The first-order valence-electron chi connectivity index (χ1n) is 6.97. The van der Waals surface area contributed by atoms with E-state index < -0.39 is 0 Å². The van der Waals surface area contributed by atoms with Crippen LogP contribution < -0.4 is 5.32 Å². The van der Waals surface area contributed by atoms with Crippen molar-refractivity contribution in [3.05, 3.63) is 58.5 Å². The van der Waals surface area contributed by atoms with Crippen LogP contribution in [0.15, 0.2) is 34.7 Å². The van der Waals surface area contributed by atoms with Gasteiger partial charge in [0.1, 0.15) is 11.5 Å². The molecule has 0 saturated heterocycles. The minimum Gasteiger partial charge on any atom is -0.466 e. The summed E-state index contributed by atoms with van der Waals surface area (Å²) in [6.45, 7) is 9.36. The zero-order chi connectivity index (χ0) is 13.8. The van der Waals surface area contributed by atoms with E-state index in [4.69, 9.17) is 4.42 Å². The summed E-state index contributed by atoms with van der Waals surface area (Å²) >= 11 is 0. The predicted molar refractivity (Wildman–Crippen MR) is 79.5 cm³/mol. The van der Waals surface area contributed by atoms with Crippen molar-refractivity contribution in [2.45, 2.75) is 40.2 Å². The highest BCUT2D eigenvalue weighted by atomic mass is 16.3. The van der Waals surface area contributed by atoms with Crippen LogP contribution in [-0.2, 0) is 6.42 Å². The van der Waals surface area contributed by atoms with Crippen LogP contribution in [0.25, 0.3) is 0 Å². The Balaban J connectivity index is 2.30. The molecule has 0 aliphatic carbocycles. The van der Waals surface area contributed by atoms with Crippen molar-refractivity contribution in [3.63, 3.8) is 0 Å². The lowest BCUT2D eigenvalue weighted by molar-refractivity contribution is 0.484. The quantitative estimate of drug-likeness (QED) is 0.872. The number of rotatable bonds is 5. The highest BCUT2D eigenvalue weighted by molar-refractivity contribution is 5.35. The Kier molecular flexibility index (Phi) is 4.43. The third-order valence-corrected chi connectivity index (χ3v) is 3.70. The summed E-state index contributed by atoms with van der Waals surface area (Å²) < 4.78 is 5.77. The van der Waals surface area contributed by atoms with Gasteiger partial charge in [-0.25, -0.2) is 0 Å². The van der Waals surface area contributed by atoms with Crippen molar-refractivity contribution in [2.24, 2.45) is 0 Å². The smallest absolute Gasteiger partial charge is 0.106 e. The average Bonchev–Trinajstić information content (AvgIpc) is 2.64. The van der Waals surface area contributed by atoms with E-state index in [9.17, 15) is 0 Å². The first-order chi connectivity index (χ1) is 9.13. The van der Waals surface area contributed by atoms with Gasteiger partial charge in [0.2, 0.25) is 0 Å². The fraction of sp³-hybridized carbons (Fsp3) is 0.412. The second kappa shape index (κ2) is 6.07. The fourth-order valence-corrected chi connectivity index (χ4v) is 2.69. The molecule has 0 amide bonds. The van der Waals surface area contributed by atoms with E-state index in [-0.39, 0.29) is 0 Å². The van der Waals surface area contributed by atoms with Crippen LogP contribution in [0.5, 0.6) is 0 Å². The molecule has 1 aromatic carbocycles. The van der Waals surface area contributed by atoms with Crippen LogP contribution in [0.2, 0.25) is 0 Å². The molecular weight excluding hydrogens is 234 g/mol. The molecule has 19 heavy (non-hydrogen) atoms. The van der Waals surface area contributed by atoms with Crippen LogP contribution in [0, 0.1) is 20.8 Å². The van der Waals surface area contributed by atoms with Crippen molar-refractivity contribution in [2.75, 3.05) is 6.54 Å². The van der Waals surface area contributed by atoms with E-state index in [1.165, 1.54) is 16.7 Å². The van der Waals surface area contributed by atoms with E-state index in [1.807, 2.05) is 6.92 Å². The minimum atomic E-state index is 0.324. The fourth-order valence-electron chi connectivity index (χ4n) is 2.69. The lowest BCUT2D eigenvalue weighted by Gasteiger charge is -2.19. The van der Waals surface area contributed by atoms with Gasteiger partial charge in [-0.1, -0.05) is 37.3 Å². The predicted octanol–water partition coefficient (Wildman–Crippen LogP) is 4.10. The SMILES string of the molecule is CCNC(Cc1ccccc1)c1c(C)oc(C)c1C. The first-order valence-corrected chi connectivity index (χ1v) is 6.97. The van der Waals surface area contributed by atoms with Crippen LogP contribution in [0.3, 0.4) is 0 Å². The molecule has 2 rings (SSSR count). The van der Waals surface area contributed by atoms with Gasteiger partial charge in [0.15, 0.2) is 0 Å². The van der Waals surface area contributed by atoms with Crippen molar-refractivity contribution in [3.8, 4) is 0 Å². The monoisotopic (exact) mass is 257 g/mol. The molecule has 0 aliphatic rings. The number of hydrogen-bond donors (Lipinski definition) is 1. The zero-order valence-electron chi connectivity index (χ0n) is 12.3. The highest BCUT2D eigenvalue weighted by Gasteiger charge is 2.20. The number of furan rings is 1. The maximum absolute atomic E-state index is 5.77. The van der Waals surface area contributed by atoms with E-state index >= 15 is 0 Å². The molecule has 0 radical (unpaired) electrons. The Hall–Kier alpha value is -1.54. The Morgan fingerprint density at radius 2 is 1.74 bits per heavy atom. The standard InChI is InChI=1S/C17H23NO/c1-5-18-16(11-15-9-7-6-8-10-15)17-12(2)13(3)19-14(17)4/h6-10,16,18H,5,11H2,1-4H3. The Morgan fingerprint density at radius 3 is 2.26 bits per heavy atom. The minimum absolute atomic E-state index is 0.324. The lowest BCUT2D eigenvalue weighted by Crippen LogP contribution is -2.23. The van der Waals surface area contributed by atoms with Gasteiger partial charge < -0.3 is 9.73 Å². The van der Waals surface area contributed by atoms with Crippen LogP contribution in [0.1, 0.15) is 41.2 Å². The molecule has 0 bridgehead atoms. The Labute approximate surface area is 115 Å². The molecule has 2 nitrogen and oxygen atoms in total. The summed E-state index contributed by atoms with van der Waals surface area (Å²) in [5.74, 6) is 2.07. The molecular formula is C17H23NO. The number of benzene rings is 1. The van der Waals surface area contributed by atoms with E-state index in [2.05, 4.69) is 56.4 Å². The second-order valence-corrected chi connectivity index (χ2v) is 5.05. The Morgan fingerprint density at radius 1 is 1.05 bits per heavy atom. The van der Waals surface area contributed by atoms with Gasteiger partial charge in [-0.2, -0.15) is 0 Å². The van der Waals surface area contributed by atoms with Gasteiger partial charge >= 0.3 is 0 Å². The molecule has 1 aromatic heterocycles. The molecule has 0 fully saturated rings. The summed E-state index contributed by atoms with van der Waals surface area (Å²) in [6.07, 6.45) is 0.995. The first kappa shape index (κ1) is 13.9. The molecule has 102 valence electrons. The number of nitrogens with one attached hydrogen (secondary N) is 1. The zero-order valence-corrected chi connectivity index (χ0v) is 12.3. The van der Waals surface area contributed by atoms with Gasteiger partial charge in [-0.15, -0.1) is 0 Å². The molecule has 1 heterocycles.